The predicted molar refractivity (Wildman–Crippen MR) is 123 cm³/mol. The summed E-state index contributed by atoms with van der Waals surface area (Å²) >= 11 is 12.4. The summed E-state index contributed by atoms with van der Waals surface area (Å²) in [4.78, 5) is 15.3. The number of aromatic amines is 1. The standard InChI is InChI=1S/C24H20Cl2N2O2/c1-24(2,3)9-8-14-4-7-22(29)18(10-14)21-12-16(19(13-27)23(30)28-21)17-11-15(25)5-6-20(17)26/h4-12,29H,1-3H3,(H,28,30)/b9-8+. The van der Waals surface area contributed by atoms with Gasteiger partial charge in [-0.15, -0.1) is 0 Å². The molecule has 0 fully saturated rings. The van der Waals surface area contributed by atoms with E-state index in [1.54, 1.807) is 42.5 Å². The number of pyridine rings is 1. The molecule has 3 aromatic rings. The number of rotatable bonds is 3. The van der Waals surface area contributed by atoms with Gasteiger partial charge in [-0.3, -0.25) is 4.79 Å². The van der Waals surface area contributed by atoms with E-state index in [-0.39, 0.29) is 16.7 Å². The number of aromatic hydroxyl groups is 1. The first kappa shape index (κ1) is 21.7. The van der Waals surface area contributed by atoms with Gasteiger partial charge in [0.25, 0.3) is 5.56 Å². The second kappa shape index (κ2) is 8.39. The van der Waals surface area contributed by atoms with Gasteiger partial charge in [-0.1, -0.05) is 62.2 Å². The van der Waals surface area contributed by atoms with Crippen molar-refractivity contribution < 1.29 is 5.11 Å². The molecule has 2 aromatic carbocycles. The van der Waals surface area contributed by atoms with E-state index >= 15 is 0 Å². The predicted octanol–water partition coefficient (Wildman–Crippen LogP) is 6.65. The van der Waals surface area contributed by atoms with Gasteiger partial charge in [-0.05, 0) is 47.4 Å². The summed E-state index contributed by atoms with van der Waals surface area (Å²) < 4.78 is 0. The van der Waals surface area contributed by atoms with Gasteiger partial charge in [-0.2, -0.15) is 5.26 Å². The van der Waals surface area contributed by atoms with Crippen LogP contribution in [0.5, 0.6) is 5.75 Å². The molecule has 0 radical (unpaired) electrons. The Morgan fingerprint density at radius 3 is 2.43 bits per heavy atom. The summed E-state index contributed by atoms with van der Waals surface area (Å²) in [6.07, 6.45) is 4.02. The highest BCUT2D eigenvalue weighted by Crippen LogP contribution is 2.36. The normalized spacial score (nSPS) is 11.6. The van der Waals surface area contributed by atoms with Crippen molar-refractivity contribution in [1.29, 1.82) is 5.26 Å². The summed E-state index contributed by atoms with van der Waals surface area (Å²) in [5.41, 5.74) is 1.83. The smallest absolute Gasteiger partial charge is 0.266 e. The van der Waals surface area contributed by atoms with Crippen LogP contribution < -0.4 is 5.56 Å². The number of H-pyrrole nitrogens is 1. The average molecular weight is 439 g/mol. The summed E-state index contributed by atoms with van der Waals surface area (Å²) in [5, 5.41) is 20.7. The number of benzene rings is 2. The van der Waals surface area contributed by atoms with Crippen LogP contribution in [0.2, 0.25) is 10.0 Å². The number of halogens is 2. The Morgan fingerprint density at radius 1 is 1.03 bits per heavy atom. The van der Waals surface area contributed by atoms with Crippen LogP contribution in [0, 0.1) is 16.7 Å². The topological polar surface area (TPSA) is 76.9 Å². The van der Waals surface area contributed by atoms with Crippen LogP contribution in [0.1, 0.15) is 31.9 Å². The van der Waals surface area contributed by atoms with Crippen LogP contribution in [0.4, 0.5) is 0 Å². The van der Waals surface area contributed by atoms with Gasteiger partial charge in [0.15, 0.2) is 0 Å². The van der Waals surface area contributed by atoms with Crippen molar-refractivity contribution in [2.75, 3.05) is 0 Å². The minimum absolute atomic E-state index is 0.00268. The molecular weight excluding hydrogens is 419 g/mol. The number of phenolic OH excluding ortho intramolecular Hbond substituents is 1. The van der Waals surface area contributed by atoms with Gasteiger partial charge >= 0.3 is 0 Å². The lowest BCUT2D eigenvalue weighted by atomic mass is 9.94. The molecule has 152 valence electrons. The number of nitriles is 1. The van der Waals surface area contributed by atoms with Gasteiger partial charge in [0, 0.05) is 26.7 Å². The third-order valence-corrected chi connectivity index (χ3v) is 5.01. The van der Waals surface area contributed by atoms with Gasteiger partial charge in [0.1, 0.15) is 17.4 Å². The summed E-state index contributed by atoms with van der Waals surface area (Å²) in [6.45, 7) is 6.26. The monoisotopic (exact) mass is 438 g/mol. The first-order valence-electron chi connectivity index (χ1n) is 9.24. The molecule has 30 heavy (non-hydrogen) atoms. The Balaban J connectivity index is 2.23. The molecule has 1 aromatic heterocycles. The lowest BCUT2D eigenvalue weighted by Gasteiger charge is -2.13. The van der Waals surface area contributed by atoms with Gasteiger partial charge in [0.05, 0.1) is 5.69 Å². The van der Waals surface area contributed by atoms with Crippen LogP contribution in [-0.4, -0.2) is 10.1 Å². The van der Waals surface area contributed by atoms with E-state index < -0.39 is 5.56 Å². The number of nitrogens with zero attached hydrogens (tertiary/aromatic N) is 1. The highest BCUT2D eigenvalue weighted by Gasteiger charge is 2.17. The molecule has 0 saturated carbocycles. The highest BCUT2D eigenvalue weighted by atomic mass is 35.5. The zero-order chi connectivity index (χ0) is 22.1. The minimum atomic E-state index is -0.573. The van der Waals surface area contributed by atoms with Crippen LogP contribution in [0.3, 0.4) is 0 Å². The molecule has 0 unspecified atom stereocenters. The van der Waals surface area contributed by atoms with Crippen molar-refractivity contribution in [3.05, 3.63) is 80.1 Å². The molecule has 0 aliphatic heterocycles. The number of hydrogen-bond donors (Lipinski definition) is 2. The number of allylic oxidation sites excluding steroid dienone is 1. The maximum Gasteiger partial charge on any atom is 0.266 e. The van der Waals surface area contributed by atoms with Crippen LogP contribution >= 0.6 is 23.2 Å². The summed E-state index contributed by atoms with van der Waals surface area (Å²) in [5.74, 6) is 0.00593. The fourth-order valence-corrected chi connectivity index (χ4v) is 3.34. The van der Waals surface area contributed by atoms with E-state index in [1.165, 1.54) is 0 Å². The number of hydrogen-bond acceptors (Lipinski definition) is 3. The molecule has 1 heterocycles. The molecule has 6 heteroatoms. The fourth-order valence-electron chi connectivity index (χ4n) is 2.95. The van der Waals surface area contributed by atoms with E-state index in [4.69, 9.17) is 23.2 Å². The number of phenols is 1. The average Bonchev–Trinajstić information content (AvgIpc) is 2.68. The third-order valence-electron chi connectivity index (χ3n) is 4.45. The Hall–Kier alpha value is -3.00. The molecule has 0 atom stereocenters. The zero-order valence-corrected chi connectivity index (χ0v) is 18.3. The first-order valence-corrected chi connectivity index (χ1v) is 10.00. The molecule has 2 N–H and O–H groups in total. The van der Waals surface area contributed by atoms with E-state index in [0.29, 0.717) is 32.4 Å². The Morgan fingerprint density at radius 2 is 1.77 bits per heavy atom. The highest BCUT2D eigenvalue weighted by molar-refractivity contribution is 6.35. The molecule has 0 spiro atoms. The zero-order valence-electron chi connectivity index (χ0n) is 16.8. The third kappa shape index (κ3) is 4.76. The van der Waals surface area contributed by atoms with Gasteiger partial charge < -0.3 is 10.1 Å². The maximum atomic E-state index is 12.6. The molecular formula is C24H20Cl2N2O2. The lowest BCUT2D eigenvalue weighted by Crippen LogP contribution is -2.13. The van der Waals surface area contributed by atoms with Crippen LogP contribution in [0.15, 0.2) is 53.3 Å². The Bertz CT molecular complexity index is 1250. The van der Waals surface area contributed by atoms with Crippen molar-refractivity contribution in [3.63, 3.8) is 0 Å². The van der Waals surface area contributed by atoms with E-state index in [2.05, 4.69) is 31.8 Å². The largest absolute Gasteiger partial charge is 0.507 e. The first-order chi connectivity index (χ1) is 14.1. The van der Waals surface area contributed by atoms with E-state index in [9.17, 15) is 15.2 Å². The molecule has 0 bridgehead atoms. The van der Waals surface area contributed by atoms with Gasteiger partial charge in [0.2, 0.25) is 0 Å². The van der Waals surface area contributed by atoms with Gasteiger partial charge in [-0.25, -0.2) is 0 Å². The van der Waals surface area contributed by atoms with Crippen molar-refractivity contribution >= 4 is 29.3 Å². The molecule has 3 rings (SSSR count). The summed E-state index contributed by atoms with van der Waals surface area (Å²) in [7, 11) is 0. The van der Waals surface area contributed by atoms with E-state index in [0.717, 1.165) is 5.56 Å². The molecule has 0 amide bonds. The quantitative estimate of drug-likeness (QED) is 0.480. The van der Waals surface area contributed by atoms with Crippen molar-refractivity contribution in [2.45, 2.75) is 20.8 Å². The fraction of sp³-hybridized carbons (Fsp3) is 0.167. The maximum absolute atomic E-state index is 12.6. The van der Waals surface area contributed by atoms with E-state index in [1.807, 2.05) is 12.1 Å². The lowest BCUT2D eigenvalue weighted by molar-refractivity contribution is 0.477. The number of aromatic nitrogens is 1. The molecule has 4 nitrogen and oxygen atoms in total. The molecule has 0 aliphatic carbocycles. The Kier molecular flexibility index (Phi) is 6.07. The van der Waals surface area contributed by atoms with Crippen molar-refractivity contribution in [2.24, 2.45) is 5.41 Å². The molecule has 0 saturated heterocycles. The Labute approximate surface area is 185 Å². The minimum Gasteiger partial charge on any atom is -0.507 e. The second-order valence-corrected chi connectivity index (χ2v) is 8.86. The van der Waals surface area contributed by atoms with Crippen molar-refractivity contribution in [3.8, 4) is 34.2 Å². The van der Waals surface area contributed by atoms with Crippen LogP contribution in [-0.2, 0) is 0 Å². The second-order valence-electron chi connectivity index (χ2n) is 8.01. The van der Waals surface area contributed by atoms with Crippen LogP contribution in [0.25, 0.3) is 28.5 Å². The van der Waals surface area contributed by atoms with Crippen molar-refractivity contribution in [1.82, 2.24) is 4.98 Å². The molecule has 0 aliphatic rings. The summed E-state index contributed by atoms with van der Waals surface area (Å²) in [6, 6.07) is 13.5. The SMILES string of the molecule is CC(C)(C)/C=C/c1ccc(O)c(-c2cc(-c3cc(Cl)ccc3Cl)c(C#N)c(=O)[nH]2)c1. The number of nitrogens with one attached hydrogen (secondary N) is 1.